The van der Waals surface area contributed by atoms with Crippen molar-refractivity contribution in [1.29, 1.82) is 0 Å². The van der Waals surface area contributed by atoms with E-state index in [4.69, 9.17) is 15.2 Å². The van der Waals surface area contributed by atoms with E-state index in [0.717, 1.165) is 12.0 Å². The van der Waals surface area contributed by atoms with Gasteiger partial charge in [0.25, 0.3) is 0 Å². The van der Waals surface area contributed by atoms with Gasteiger partial charge < -0.3 is 20.5 Å². The minimum Gasteiger partial charge on any atom is -0.493 e. The molecule has 0 spiro atoms. The number of ketones is 1. The zero-order chi connectivity index (χ0) is 17.4. The van der Waals surface area contributed by atoms with Crippen LogP contribution in [0.2, 0.25) is 0 Å². The van der Waals surface area contributed by atoms with Gasteiger partial charge in [-0.1, -0.05) is 19.9 Å². The Kier molecular flexibility index (Phi) is 8.06. The Morgan fingerprint density at radius 1 is 1.22 bits per heavy atom. The second-order valence-corrected chi connectivity index (χ2v) is 6.35. The van der Waals surface area contributed by atoms with Crippen molar-refractivity contribution in [3.05, 3.63) is 23.8 Å². The molecule has 0 aliphatic heterocycles. The minimum atomic E-state index is -0.244. The number of hydrogen-bond acceptors (Lipinski definition) is 5. The van der Waals surface area contributed by atoms with Crippen LogP contribution in [0.5, 0.6) is 11.5 Å². The van der Waals surface area contributed by atoms with Gasteiger partial charge in [-0.2, -0.15) is 0 Å². The third-order valence-corrected chi connectivity index (χ3v) is 3.78. The Hall–Kier alpha value is -1.59. The molecule has 0 aliphatic carbocycles. The van der Waals surface area contributed by atoms with Crippen molar-refractivity contribution >= 4 is 5.78 Å². The number of benzene rings is 1. The molecule has 0 heterocycles. The molecule has 0 unspecified atom stereocenters. The second kappa shape index (κ2) is 9.53. The molecule has 0 fully saturated rings. The van der Waals surface area contributed by atoms with Crippen molar-refractivity contribution in [2.45, 2.75) is 45.7 Å². The summed E-state index contributed by atoms with van der Waals surface area (Å²) in [7, 11) is 3.21. The van der Waals surface area contributed by atoms with Gasteiger partial charge >= 0.3 is 0 Å². The molecule has 0 saturated carbocycles. The Morgan fingerprint density at radius 2 is 1.87 bits per heavy atom. The number of rotatable bonds is 10. The molecule has 0 radical (unpaired) electrons. The fourth-order valence-corrected chi connectivity index (χ4v) is 2.59. The minimum absolute atomic E-state index is 0.0576. The first-order chi connectivity index (χ1) is 10.9. The van der Waals surface area contributed by atoms with Crippen LogP contribution in [0.15, 0.2) is 18.2 Å². The molecule has 0 bridgehead atoms. The van der Waals surface area contributed by atoms with E-state index < -0.39 is 0 Å². The third-order valence-electron chi connectivity index (χ3n) is 3.78. The van der Waals surface area contributed by atoms with Gasteiger partial charge in [-0.25, -0.2) is 0 Å². The summed E-state index contributed by atoms with van der Waals surface area (Å²) in [6.45, 7) is 6.53. The van der Waals surface area contributed by atoms with Crippen LogP contribution >= 0.6 is 0 Å². The Morgan fingerprint density at radius 3 is 2.39 bits per heavy atom. The molecule has 2 atom stereocenters. The Bertz CT molecular complexity index is 503. The first-order valence-electron chi connectivity index (χ1n) is 8.07. The molecule has 130 valence electrons. The van der Waals surface area contributed by atoms with Gasteiger partial charge in [-0.15, -0.1) is 0 Å². The summed E-state index contributed by atoms with van der Waals surface area (Å²) < 4.78 is 10.5. The summed E-state index contributed by atoms with van der Waals surface area (Å²) in [4.78, 5) is 11.9. The first-order valence-corrected chi connectivity index (χ1v) is 8.07. The van der Waals surface area contributed by atoms with E-state index in [9.17, 15) is 4.79 Å². The molecular weight excluding hydrogens is 292 g/mol. The van der Waals surface area contributed by atoms with Crippen molar-refractivity contribution in [3.8, 4) is 11.5 Å². The summed E-state index contributed by atoms with van der Waals surface area (Å²) in [6.07, 6.45) is 1.54. The van der Waals surface area contributed by atoms with Crippen LogP contribution in [-0.4, -0.2) is 38.6 Å². The van der Waals surface area contributed by atoms with E-state index >= 15 is 0 Å². The number of nitrogens with one attached hydrogen (secondary N) is 1. The maximum absolute atomic E-state index is 11.9. The molecule has 0 aliphatic rings. The van der Waals surface area contributed by atoms with Crippen molar-refractivity contribution < 1.29 is 14.3 Å². The number of nitrogens with two attached hydrogens (primary N) is 1. The molecule has 5 heteroatoms. The Labute approximate surface area is 139 Å². The van der Waals surface area contributed by atoms with Gasteiger partial charge in [0.05, 0.1) is 20.3 Å². The lowest BCUT2D eigenvalue weighted by atomic mass is 10.0. The highest BCUT2D eigenvalue weighted by molar-refractivity contribution is 5.81. The number of hydrogen-bond donors (Lipinski definition) is 2. The van der Waals surface area contributed by atoms with Crippen LogP contribution in [0.1, 0.15) is 32.8 Å². The van der Waals surface area contributed by atoms with Crippen LogP contribution in [0, 0.1) is 5.92 Å². The monoisotopic (exact) mass is 322 g/mol. The van der Waals surface area contributed by atoms with Crippen LogP contribution < -0.4 is 20.5 Å². The van der Waals surface area contributed by atoms with Crippen LogP contribution in [0.4, 0.5) is 0 Å². The third kappa shape index (κ3) is 6.59. The quantitative estimate of drug-likeness (QED) is 0.690. The van der Waals surface area contributed by atoms with E-state index in [2.05, 4.69) is 19.2 Å². The maximum Gasteiger partial charge on any atom is 0.160 e. The van der Waals surface area contributed by atoms with Gasteiger partial charge in [0.2, 0.25) is 0 Å². The average Bonchev–Trinajstić information content (AvgIpc) is 2.50. The highest BCUT2D eigenvalue weighted by atomic mass is 16.5. The molecule has 1 aromatic carbocycles. The predicted octanol–water partition coefficient (Wildman–Crippen LogP) is 2.17. The molecule has 5 nitrogen and oxygen atoms in total. The molecule has 0 aromatic heterocycles. The molecule has 23 heavy (non-hydrogen) atoms. The molecule has 0 amide bonds. The highest BCUT2D eigenvalue weighted by Crippen LogP contribution is 2.28. The molecule has 1 aromatic rings. The van der Waals surface area contributed by atoms with E-state index in [1.54, 1.807) is 21.1 Å². The van der Waals surface area contributed by atoms with Gasteiger partial charge in [0.15, 0.2) is 11.5 Å². The SMILES string of the molecule is COc1ccc(C[C@H](NC[C@@H](N)CC(C)C)C(C)=O)cc1OC. The maximum atomic E-state index is 11.9. The first kappa shape index (κ1) is 19.5. The van der Waals surface area contributed by atoms with Crippen molar-refractivity contribution in [1.82, 2.24) is 5.32 Å². The summed E-state index contributed by atoms with van der Waals surface area (Å²) in [5, 5.41) is 3.29. The smallest absolute Gasteiger partial charge is 0.160 e. The van der Waals surface area contributed by atoms with Crippen molar-refractivity contribution in [2.24, 2.45) is 11.7 Å². The fourth-order valence-electron chi connectivity index (χ4n) is 2.59. The normalized spacial score (nSPS) is 13.7. The zero-order valence-electron chi connectivity index (χ0n) is 14.9. The fraction of sp³-hybridized carbons (Fsp3) is 0.611. The lowest BCUT2D eigenvalue weighted by Gasteiger charge is -2.20. The molecule has 3 N–H and O–H groups in total. The largest absolute Gasteiger partial charge is 0.493 e. The van der Waals surface area contributed by atoms with Gasteiger partial charge in [-0.05, 0) is 43.4 Å². The lowest BCUT2D eigenvalue weighted by Crippen LogP contribution is -2.44. The topological polar surface area (TPSA) is 73.6 Å². The summed E-state index contributed by atoms with van der Waals surface area (Å²) >= 11 is 0. The summed E-state index contributed by atoms with van der Waals surface area (Å²) in [6, 6.07) is 5.53. The highest BCUT2D eigenvalue weighted by Gasteiger charge is 2.17. The Balaban J connectivity index is 2.71. The number of carbonyl (C=O) groups is 1. The van der Waals surface area contributed by atoms with Gasteiger partial charge in [0, 0.05) is 12.6 Å². The summed E-state index contributed by atoms with van der Waals surface area (Å²) in [5.41, 5.74) is 7.11. The van der Waals surface area contributed by atoms with Crippen LogP contribution in [0.3, 0.4) is 0 Å². The van der Waals surface area contributed by atoms with Gasteiger partial charge in [0.1, 0.15) is 5.78 Å². The van der Waals surface area contributed by atoms with Crippen LogP contribution in [-0.2, 0) is 11.2 Å². The molecule has 1 rings (SSSR count). The number of Topliss-reactive ketones (excluding diaryl/α,β-unsaturated/α-hetero) is 1. The van der Waals surface area contributed by atoms with Crippen molar-refractivity contribution in [2.75, 3.05) is 20.8 Å². The average molecular weight is 322 g/mol. The van der Waals surface area contributed by atoms with Crippen molar-refractivity contribution in [3.63, 3.8) is 0 Å². The molecular formula is C18H30N2O3. The van der Waals surface area contributed by atoms with E-state index in [1.165, 1.54) is 0 Å². The lowest BCUT2D eigenvalue weighted by molar-refractivity contribution is -0.119. The number of methoxy groups -OCH3 is 2. The van der Waals surface area contributed by atoms with E-state index in [1.807, 2.05) is 18.2 Å². The predicted molar refractivity (Wildman–Crippen MR) is 93.2 cm³/mol. The number of ether oxygens (including phenoxy) is 2. The number of carbonyl (C=O) groups excluding carboxylic acids is 1. The second-order valence-electron chi connectivity index (χ2n) is 6.35. The van der Waals surface area contributed by atoms with Crippen LogP contribution in [0.25, 0.3) is 0 Å². The zero-order valence-corrected chi connectivity index (χ0v) is 14.9. The van der Waals surface area contributed by atoms with E-state index in [0.29, 0.717) is 30.4 Å². The summed E-state index contributed by atoms with van der Waals surface area (Å²) in [5.74, 6) is 2.01. The standard InChI is InChI=1S/C18H30N2O3/c1-12(2)8-15(19)11-20-16(13(3)21)9-14-6-7-17(22-4)18(10-14)23-5/h6-7,10,12,15-16,20H,8-9,11,19H2,1-5H3/t15-,16-/m0/s1. The van der Waals surface area contributed by atoms with E-state index in [-0.39, 0.29) is 17.9 Å². The van der Waals surface area contributed by atoms with Gasteiger partial charge in [-0.3, -0.25) is 4.79 Å². The molecule has 0 saturated heterocycles.